The summed E-state index contributed by atoms with van der Waals surface area (Å²) < 4.78 is 5.27. The van der Waals surface area contributed by atoms with Crippen molar-refractivity contribution in [1.82, 2.24) is 9.88 Å². The van der Waals surface area contributed by atoms with Gasteiger partial charge >= 0.3 is 5.97 Å². The summed E-state index contributed by atoms with van der Waals surface area (Å²) in [5.74, 6) is -0.336. The molecule has 6 heteroatoms. The molecular formula is C12H17N3O3. The Morgan fingerprint density at radius 2 is 2.28 bits per heavy atom. The van der Waals surface area contributed by atoms with Crippen LogP contribution in [0.2, 0.25) is 0 Å². The molecule has 0 bridgehead atoms. The summed E-state index contributed by atoms with van der Waals surface area (Å²) in [5, 5.41) is 12.0. The van der Waals surface area contributed by atoms with Crippen molar-refractivity contribution in [3.05, 3.63) is 23.9 Å². The molecule has 18 heavy (non-hydrogen) atoms. The third kappa shape index (κ3) is 3.68. The van der Waals surface area contributed by atoms with Crippen molar-refractivity contribution < 1.29 is 14.6 Å². The van der Waals surface area contributed by atoms with Crippen LogP contribution in [0.5, 0.6) is 0 Å². The van der Waals surface area contributed by atoms with Gasteiger partial charge in [-0.1, -0.05) is 0 Å². The number of rotatable bonds is 5. The standard InChI is InChI=1S/C12H17N3O3/c16-12(17)10-1-2-13-11(9-10)14-3-4-15-5-7-18-8-6-15/h1-2,9H,3-8H2,(H,13,14)(H,16,17). The van der Waals surface area contributed by atoms with Crippen LogP contribution in [0.15, 0.2) is 18.3 Å². The van der Waals surface area contributed by atoms with Gasteiger partial charge in [-0.2, -0.15) is 0 Å². The van der Waals surface area contributed by atoms with Gasteiger partial charge in [0.2, 0.25) is 0 Å². The van der Waals surface area contributed by atoms with E-state index < -0.39 is 5.97 Å². The Hall–Kier alpha value is -1.66. The summed E-state index contributed by atoms with van der Waals surface area (Å²) >= 11 is 0. The van der Waals surface area contributed by atoms with Gasteiger partial charge < -0.3 is 15.2 Å². The van der Waals surface area contributed by atoms with Crippen molar-refractivity contribution in [2.75, 3.05) is 44.7 Å². The van der Waals surface area contributed by atoms with E-state index in [4.69, 9.17) is 9.84 Å². The lowest BCUT2D eigenvalue weighted by Gasteiger charge is -2.26. The number of aromatic carboxylic acids is 1. The Morgan fingerprint density at radius 1 is 1.50 bits per heavy atom. The molecule has 0 aromatic carbocycles. The van der Waals surface area contributed by atoms with E-state index in [9.17, 15) is 4.79 Å². The number of pyridine rings is 1. The molecule has 2 heterocycles. The van der Waals surface area contributed by atoms with E-state index in [1.807, 2.05) is 0 Å². The molecule has 1 aliphatic rings. The maximum absolute atomic E-state index is 10.8. The minimum atomic E-state index is -0.936. The van der Waals surface area contributed by atoms with E-state index in [1.54, 1.807) is 6.07 Å². The van der Waals surface area contributed by atoms with Crippen LogP contribution >= 0.6 is 0 Å². The van der Waals surface area contributed by atoms with Gasteiger partial charge in [-0.25, -0.2) is 9.78 Å². The number of carboxylic acids is 1. The SMILES string of the molecule is O=C(O)c1ccnc(NCCN2CCOCC2)c1. The second-order valence-electron chi connectivity index (χ2n) is 4.12. The molecule has 0 spiro atoms. The number of nitrogens with zero attached hydrogens (tertiary/aromatic N) is 2. The predicted molar refractivity (Wildman–Crippen MR) is 66.9 cm³/mol. The quantitative estimate of drug-likeness (QED) is 0.795. The van der Waals surface area contributed by atoms with Crippen molar-refractivity contribution in [1.29, 1.82) is 0 Å². The maximum Gasteiger partial charge on any atom is 0.335 e. The van der Waals surface area contributed by atoms with E-state index in [1.165, 1.54) is 12.3 Å². The summed E-state index contributed by atoms with van der Waals surface area (Å²) in [6.07, 6.45) is 1.50. The number of nitrogens with one attached hydrogen (secondary N) is 1. The Bertz CT molecular complexity index is 405. The third-order valence-corrected chi connectivity index (χ3v) is 2.84. The van der Waals surface area contributed by atoms with Crippen molar-refractivity contribution in [3.63, 3.8) is 0 Å². The lowest BCUT2D eigenvalue weighted by atomic mass is 10.2. The van der Waals surface area contributed by atoms with E-state index in [0.717, 1.165) is 39.4 Å². The Balaban J connectivity index is 1.78. The molecule has 1 fully saturated rings. The fourth-order valence-corrected chi connectivity index (χ4v) is 1.83. The van der Waals surface area contributed by atoms with Crippen LogP contribution in [0, 0.1) is 0 Å². The molecule has 1 aromatic rings. The number of aromatic nitrogens is 1. The number of hydrogen-bond acceptors (Lipinski definition) is 5. The number of carbonyl (C=O) groups is 1. The van der Waals surface area contributed by atoms with Crippen LogP contribution in [-0.4, -0.2) is 60.4 Å². The number of anilines is 1. The highest BCUT2D eigenvalue weighted by molar-refractivity contribution is 5.88. The van der Waals surface area contributed by atoms with E-state index in [2.05, 4.69) is 15.2 Å². The molecule has 6 nitrogen and oxygen atoms in total. The first-order valence-electron chi connectivity index (χ1n) is 5.99. The van der Waals surface area contributed by atoms with Crippen molar-refractivity contribution in [2.45, 2.75) is 0 Å². The first kappa shape index (κ1) is 12.8. The normalized spacial score (nSPS) is 16.4. The van der Waals surface area contributed by atoms with E-state index >= 15 is 0 Å². The number of morpholine rings is 1. The highest BCUT2D eigenvalue weighted by Gasteiger charge is 2.09. The molecule has 1 saturated heterocycles. The average molecular weight is 251 g/mol. The molecule has 0 radical (unpaired) electrons. The van der Waals surface area contributed by atoms with Crippen molar-refractivity contribution in [3.8, 4) is 0 Å². The zero-order valence-corrected chi connectivity index (χ0v) is 10.1. The van der Waals surface area contributed by atoms with E-state index in [0.29, 0.717) is 5.82 Å². The summed E-state index contributed by atoms with van der Waals surface area (Å²) in [6.45, 7) is 5.12. The van der Waals surface area contributed by atoms with Gasteiger partial charge in [-0.3, -0.25) is 4.90 Å². The first-order chi connectivity index (χ1) is 8.75. The van der Waals surface area contributed by atoms with Crippen LogP contribution in [0.1, 0.15) is 10.4 Å². The van der Waals surface area contributed by atoms with Crippen molar-refractivity contribution >= 4 is 11.8 Å². The van der Waals surface area contributed by atoms with Crippen molar-refractivity contribution in [2.24, 2.45) is 0 Å². The Kier molecular flexibility index (Phi) is 4.49. The molecule has 2 N–H and O–H groups in total. The summed E-state index contributed by atoms with van der Waals surface area (Å²) in [7, 11) is 0. The molecule has 0 atom stereocenters. The monoisotopic (exact) mass is 251 g/mol. The highest BCUT2D eigenvalue weighted by atomic mass is 16.5. The van der Waals surface area contributed by atoms with Crippen LogP contribution in [0.3, 0.4) is 0 Å². The van der Waals surface area contributed by atoms with Crippen LogP contribution in [-0.2, 0) is 4.74 Å². The first-order valence-corrected chi connectivity index (χ1v) is 5.99. The third-order valence-electron chi connectivity index (χ3n) is 2.84. The number of hydrogen-bond donors (Lipinski definition) is 2. The smallest absolute Gasteiger partial charge is 0.335 e. The van der Waals surface area contributed by atoms with Gasteiger partial charge in [-0.15, -0.1) is 0 Å². The molecule has 2 rings (SSSR count). The van der Waals surface area contributed by atoms with E-state index in [-0.39, 0.29) is 5.56 Å². The van der Waals surface area contributed by atoms with Gasteiger partial charge in [0.05, 0.1) is 18.8 Å². The Morgan fingerprint density at radius 3 is 3.00 bits per heavy atom. The van der Waals surface area contributed by atoms with Crippen LogP contribution in [0.25, 0.3) is 0 Å². The summed E-state index contributed by atoms with van der Waals surface area (Å²) in [6, 6.07) is 3.02. The average Bonchev–Trinajstić information content (AvgIpc) is 2.40. The fraction of sp³-hybridized carbons (Fsp3) is 0.500. The fourth-order valence-electron chi connectivity index (χ4n) is 1.83. The molecule has 1 aromatic heterocycles. The molecule has 0 unspecified atom stereocenters. The molecule has 0 saturated carbocycles. The maximum atomic E-state index is 10.8. The summed E-state index contributed by atoms with van der Waals surface area (Å²) in [4.78, 5) is 17.2. The van der Waals surface area contributed by atoms with Gasteiger partial charge in [0.15, 0.2) is 0 Å². The molecule has 0 aliphatic carbocycles. The largest absolute Gasteiger partial charge is 0.478 e. The van der Waals surface area contributed by atoms with Crippen LogP contribution in [0.4, 0.5) is 5.82 Å². The second-order valence-corrected chi connectivity index (χ2v) is 4.12. The topological polar surface area (TPSA) is 74.7 Å². The minimum Gasteiger partial charge on any atom is -0.478 e. The minimum absolute atomic E-state index is 0.249. The second kappa shape index (κ2) is 6.32. The lowest BCUT2D eigenvalue weighted by molar-refractivity contribution is 0.0398. The molecule has 98 valence electrons. The lowest BCUT2D eigenvalue weighted by Crippen LogP contribution is -2.39. The molecule has 1 aliphatic heterocycles. The zero-order valence-electron chi connectivity index (χ0n) is 10.1. The predicted octanol–water partition coefficient (Wildman–Crippen LogP) is 0.524. The van der Waals surface area contributed by atoms with Crippen LogP contribution < -0.4 is 5.32 Å². The van der Waals surface area contributed by atoms with Gasteiger partial charge in [0.25, 0.3) is 0 Å². The Labute approximate surface area is 106 Å². The molecular weight excluding hydrogens is 234 g/mol. The zero-order chi connectivity index (χ0) is 12.8. The highest BCUT2D eigenvalue weighted by Crippen LogP contribution is 2.06. The van der Waals surface area contributed by atoms with Gasteiger partial charge in [0.1, 0.15) is 5.82 Å². The number of ether oxygens (including phenoxy) is 1. The summed E-state index contributed by atoms with van der Waals surface area (Å²) in [5.41, 5.74) is 0.249. The number of carboxylic acid groups (broad SMARTS) is 1. The molecule has 0 amide bonds. The van der Waals surface area contributed by atoms with Gasteiger partial charge in [-0.05, 0) is 12.1 Å². The van der Waals surface area contributed by atoms with Gasteiger partial charge in [0, 0.05) is 32.4 Å².